The Kier molecular flexibility index (Phi) is 24.2. The predicted molar refractivity (Wildman–Crippen MR) is 127 cm³/mol. The summed E-state index contributed by atoms with van der Waals surface area (Å²) in [5.41, 5.74) is 0. The molecule has 0 atom stereocenters. The molecular formula is C25H48O2S. The molecule has 0 fully saturated rings. The SMILES string of the molecule is CCCCCCCCCCCCCCCCCC/C=C/CCC(=O)OCCS. The molecule has 0 rings (SSSR count). The molecule has 0 unspecified atom stereocenters. The van der Waals surface area contributed by atoms with Crippen LogP contribution in [0.1, 0.15) is 129 Å². The van der Waals surface area contributed by atoms with E-state index in [4.69, 9.17) is 4.74 Å². The molecule has 0 amide bonds. The molecule has 0 saturated heterocycles. The van der Waals surface area contributed by atoms with Gasteiger partial charge in [-0.25, -0.2) is 0 Å². The van der Waals surface area contributed by atoms with Crippen molar-refractivity contribution in [3.8, 4) is 0 Å². The summed E-state index contributed by atoms with van der Waals surface area (Å²) in [4.78, 5) is 11.3. The van der Waals surface area contributed by atoms with Gasteiger partial charge in [0.15, 0.2) is 0 Å². The average Bonchev–Trinajstić information content (AvgIpc) is 2.70. The summed E-state index contributed by atoms with van der Waals surface area (Å²) >= 11 is 4.02. The number of carbonyl (C=O) groups is 1. The Morgan fingerprint density at radius 1 is 0.679 bits per heavy atom. The molecule has 0 heterocycles. The summed E-state index contributed by atoms with van der Waals surface area (Å²) in [6, 6.07) is 0. The van der Waals surface area contributed by atoms with E-state index in [-0.39, 0.29) is 5.97 Å². The molecule has 0 radical (unpaired) electrons. The Morgan fingerprint density at radius 2 is 1.11 bits per heavy atom. The number of hydrogen-bond acceptors (Lipinski definition) is 3. The second kappa shape index (κ2) is 24.6. The summed E-state index contributed by atoms with van der Waals surface area (Å²) in [5.74, 6) is 0.488. The minimum Gasteiger partial charge on any atom is -0.465 e. The Balaban J connectivity index is 3.12. The van der Waals surface area contributed by atoms with Crippen LogP contribution in [-0.2, 0) is 9.53 Å². The van der Waals surface area contributed by atoms with Crippen LogP contribution in [0.3, 0.4) is 0 Å². The van der Waals surface area contributed by atoms with Gasteiger partial charge in [-0.1, -0.05) is 115 Å². The normalized spacial score (nSPS) is 11.4. The summed E-state index contributed by atoms with van der Waals surface area (Å²) in [7, 11) is 0. The molecule has 2 nitrogen and oxygen atoms in total. The molecule has 28 heavy (non-hydrogen) atoms. The van der Waals surface area contributed by atoms with Gasteiger partial charge in [0.25, 0.3) is 0 Å². The molecule has 3 heteroatoms. The standard InChI is InChI=1S/C25H48O2S/c1-2-3-4-5-6-7-8-9-10-11-12-13-14-15-16-17-18-19-20-21-22-25(26)27-23-24-28/h19-20,28H,2-18,21-24H2,1H3/b20-19+. The Bertz CT molecular complexity index is 341. The van der Waals surface area contributed by atoms with Gasteiger partial charge in [0.2, 0.25) is 0 Å². The van der Waals surface area contributed by atoms with Gasteiger partial charge in [-0.15, -0.1) is 0 Å². The molecule has 166 valence electrons. The van der Waals surface area contributed by atoms with Crippen LogP contribution < -0.4 is 0 Å². The van der Waals surface area contributed by atoms with E-state index in [1.54, 1.807) is 0 Å². The van der Waals surface area contributed by atoms with Gasteiger partial charge in [-0.2, -0.15) is 12.6 Å². The van der Waals surface area contributed by atoms with Crippen LogP contribution in [0.15, 0.2) is 12.2 Å². The summed E-state index contributed by atoms with van der Waals surface area (Å²) in [5, 5.41) is 0. The third-order valence-corrected chi connectivity index (χ3v) is 5.44. The molecule has 0 aliphatic carbocycles. The number of hydrogen-bond donors (Lipinski definition) is 1. The fourth-order valence-corrected chi connectivity index (χ4v) is 3.57. The topological polar surface area (TPSA) is 26.3 Å². The predicted octanol–water partition coefficient (Wildman–Crippen LogP) is 8.45. The molecule has 0 aromatic rings. The van der Waals surface area contributed by atoms with E-state index in [9.17, 15) is 4.79 Å². The Morgan fingerprint density at radius 3 is 1.57 bits per heavy atom. The lowest BCUT2D eigenvalue weighted by molar-refractivity contribution is -0.142. The van der Waals surface area contributed by atoms with E-state index in [1.807, 2.05) is 0 Å². The lowest BCUT2D eigenvalue weighted by Gasteiger charge is -2.03. The zero-order valence-corrected chi connectivity index (χ0v) is 19.7. The van der Waals surface area contributed by atoms with Crippen LogP contribution in [0, 0.1) is 0 Å². The second-order valence-electron chi connectivity index (χ2n) is 8.05. The fourth-order valence-electron chi connectivity index (χ4n) is 3.48. The molecular weight excluding hydrogens is 364 g/mol. The van der Waals surface area contributed by atoms with Crippen LogP contribution in [0.25, 0.3) is 0 Å². The number of ether oxygens (including phenoxy) is 1. The van der Waals surface area contributed by atoms with Crippen molar-refractivity contribution in [3.05, 3.63) is 12.2 Å². The van der Waals surface area contributed by atoms with E-state index < -0.39 is 0 Å². The average molecular weight is 413 g/mol. The molecule has 0 aromatic carbocycles. The summed E-state index contributed by atoms with van der Waals surface area (Å²) < 4.78 is 4.98. The molecule has 0 saturated carbocycles. The molecule has 0 aliphatic heterocycles. The lowest BCUT2D eigenvalue weighted by atomic mass is 10.0. The number of allylic oxidation sites excluding steroid dienone is 2. The van der Waals surface area contributed by atoms with Crippen molar-refractivity contribution >= 4 is 18.6 Å². The largest absolute Gasteiger partial charge is 0.465 e. The van der Waals surface area contributed by atoms with E-state index in [0.29, 0.717) is 18.8 Å². The van der Waals surface area contributed by atoms with E-state index in [0.717, 1.165) is 12.8 Å². The quantitative estimate of drug-likeness (QED) is 0.0835. The van der Waals surface area contributed by atoms with Gasteiger partial charge < -0.3 is 4.74 Å². The van der Waals surface area contributed by atoms with E-state index in [2.05, 4.69) is 31.7 Å². The van der Waals surface area contributed by atoms with Gasteiger partial charge >= 0.3 is 5.97 Å². The second-order valence-corrected chi connectivity index (χ2v) is 8.49. The van der Waals surface area contributed by atoms with Gasteiger partial charge in [-0.3, -0.25) is 4.79 Å². The monoisotopic (exact) mass is 412 g/mol. The highest BCUT2D eigenvalue weighted by Crippen LogP contribution is 2.14. The fraction of sp³-hybridized carbons (Fsp3) is 0.880. The first kappa shape index (κ1) is 27.6. The Labute approximate surface area is 181 Å². The molecule has 0 bridgehead atoms. The van der Waals surface area contributed by atoms with Crippen molar-refractivity contribution in [2.45, 2.75) is 129 Å². The first-order valence-electron chi connectivity index (χ1n) is 12.2. The summed E-state index contributed by atoms with van der Waals surface area (Å²) in [6.07, 6.45) is 29.4. The van der Waals surface area contributed by atoms with Crippen molar-refractivity contribution in [3.63, 3.8) is 0 Å². The van der Waals surface area contributed by atoms with Crippen LogP contribution in [0.5, 0.6) is 0 Å². The highest BCUT2D eigenvalue weighted by Gasteiger charge is 1.99. The molecule has 0 spiro atoms. The van der Waals surface area contributed by atoms with Crippen molar-refractivity contribution < 1.29 is 9.53 Å². The van der Waals surface area contributed by atoms with Gasteiger partial charge in [0, 0.05) is 12.2 Å². The first-order valence-corrected chi connectivity index (χ1v) is 12.9. The minimum atomic E-state index is -0.110. The number of carbonyl (C=O) groups excluding carboxylic acids is 1. The maximum atomic E-state index is 11.3. The minimum absolute atomic E-state index is 0.110. The number of unbranched alkanes of at least 4 members (excludes halogenated alkanes) is 16. The maximum Gasteiger partial charge on any atom is 0.306 e. The highest BCUT2D eigenvalue weighted by atomic mass is 32.1. The number of esters is 1. The Hall–Kier alpha value is -0.440. The third-order valence-electron chi connectivity index (χ3n) is 5.26. The van der Waals surface area contributed by atoms with E-state index >= 15 is 0 Å². The number of thiol groups is 1. The molecule has 0 aliphatic rings. The van der Waals surface area contributed by atoms with Crippen LogP contribution in [0.4, 0.5) is 0 Å². The van der Waals surface area contributed by atoms with Crippen molar-refractivity contribution in [1.29, 1.82) is 0 Å². The van der Waals surface area contributed by atoms with Gasteiger partial charge in [0.05, 0.1) is 0 Å². The van der Waals surface area contributed by atoms with Crippen LogP contribution in [-0.4, -0.2) is 18.3 Å². The van der Waals surface area contributed by atoms with Crippen molar-refractivity contribution in [2.75, 3.05) is 12.4 Å². The third kappa shape index (κ3) is 23.6. The van der Waals surface area contributed by atoms with Gasteiger partial charge in [-0.05, 0) is 19.3 Å². The van der Waals surface area contributed by atoms with Crippen molar-refractivity contribution in [1.82, 2.24) is 0 Å². The van der Waals surface area contributed by atoms with E-state index in [1.165, 1.54) is 103 Å². The molecule has 0 N–H and O–H groups in total. The maximum absolute atomic E-state index is 11.3. The van der Waals surface area contributed by atoms with Crippen molar-refractivity contribution in [2.24, 2.45) is 0 Å². The first-order chi connectivity index (χ1) is 13.8. The summed E-state index contributed by atoms with van der Waals surface area (Å²) in [6.45, 7) is 2.71. The van der Waals surface area contributed by atoms with Crippen LogP contribution in [0.2, 0.25) is 0 Å². The zero-order valence-electron chi connectivity index (χ0n) is 18.8. The smallest absolute Gasteiger partial charge is 0.306 e. The number of rotatable bonds is 22. The zero-order chi connectivity index (χ0) is 20.5. The lowest BCUT2D eigenvalue weighted by Crippen LogP contribution is -2.05. The molecule has 0 aromatic heterocycles. The van der Waals surface area contributed by atoms with Crippen LogP contribution >= 0.6 is 12.6 Å². The van der Waals surface area contributed by atoms with Gasteiger partial charge in [0.1, 0.15) is 6.61 Å². The highest BCUT2D eigenvalue weighted by molar-refractivity contribution is 7.80.